The lowest BCUT2D eigenvalue weighted by molar-refractivity contribution is -0.384. The van der Waals surface area contributed by atoms with Crippen molar-refractivity contribution in [1.29, 1.82) is 0 Å². The molecule has 3 rings (SSSR count). The quantitative estimate of drug-likeness (QED) is 0.509. The van der Waals surface area contributed by atoms with Crippen molar-refractivity contribution in [1.82, 2.24) is 14.6 Å². The number of aromatic nitrogens is 3. The molecule has 0 saturated heterocycles. The summed E-state index contributed by atoms with van der Waals surface area (Å²) < 4.78 is 1.59. The third kappa shape index (κ3) is 1.51. The number of nitro benzene ring substituents is 1. The number of rotatable bonds is 2. The molecule has 0 spiro atoms. The van der Waals surface area contributed by atoms with Gasteiger partial charge < -0.3 is 0 Å². The van der Waals surface area contributed by atoms with E-state index in [-0.39, 0.29) is 5.69 Å². The van der Waals surface area contributed by atoms with E-state index >= 15 is 0 Å². The van der Waals surface area contributed by atoms with E-state index in [2.05, 4.69) is 10.1 Å². The van der Waals surface area contributed by atoms with Gasteiger partial charge in [0.1, 0.15) is 0 Å². The van der Waals surface area contributed by atoms with Gasteiger partial charge in [0.25, 0.3) is 5.69 Å². The van der Waals surface area contributed by atoms with Gasteiger partial charge in [-0.2, -0.15) is 5.10 Å². The number of hydrogen-bond donors (Lipinski definition) is 0. The summed E-state index contributed by atoms with van der Waals surface area (Å²) in [5.74, 6) is 0. The average molecular weight is 240 g/mol. The van der Waals surface area contributed by atoms with Crippen LogP contribution in [0.5, 0.6) is 0 Å². The van der Waals surface area contributed by atoms with Gasteiger partial charge in [0.15, 0.2) is 5.65 Å². The topological polar surface area (TPSA) is 73.3 Å². The molecule has 6 heteroatoms. The Morgan fingerprint density at radius 1 is 1.11 bits per heavy atom. The SMILES string of the molecule is O=[N+]([O-])c1ccccc1-c1ccnc2ccnn12. The van der Waals surface area contributed by atoms with Crippen LogP contribution in [0.4, 0.5) is 5.69 Å². The highest BCUT2D eigenvalue weighted by molar-refractivity contribution is 5.71. The Morgan fingerprint density at radius 2 is 1.94 bits per heavy atom. The first-order valence-corrected chi connectivity index (χ1v) is 5.30. The Hall–Kier alpha value is -2.76. The minimum absolute atomic E-state index is 0.0560. The molecule has 3 aromatic rings. The van der Waals surface area contributed by atoms with E-state index in [0.717, 1.165) is 0 Å². The standard InChI is InChI=1S/C12H8N4O2/c17-16(18)11-4-2-1-3-9(11)10-5-7-13-12-6-8-14-15(10)12/h1-8H. The summed E-state index contributed by atoms with van der Waals surface area (Å²) in [6, 6.07) is 10.0. The molecule has 0 saturated carbocycles. The summed E-state index contributed by atoms with van der Waals surface area (Å²) in [7, 11) is 0. The van der Waals surface area contributed by atoms with Crippen LogP contribution < -0.4 is 0 Å². The van der Waals surface area contributed by atoms with E-state index in [9.17, 15) is 10.1 Å². The van der Waals surface area contributed by atoms with Crippen LogP contribution >= 0.6 is 0 Å². The summed E-state index contributed by atoms with van der Waals surface area (Å²) in [4.78, 5) is 14.8. The van der Waals surface area contributed by atoms with Crippen LogP contribution in [0, 0.1) is 10.1 Å². The summed E-state index contributed by atoms with van der Waals surface area (Å²) >= 11 is 0. The van der Waals surface area contributed by atoms with Crippen molar-refractivity contribution in [3.05, 3.63) is 58.9 Å². The molecule has 0 atom stereocenters. The molecule has 0 N–H and O–H groups in total. The Kier molecular flexibility index (Phi) is 2.26. The second-order valence-corrected chi connectivity index (χ2v) is 3.71. The number of nitro groups is 1. The van der Waals surface area contributed by atoms with Crippen LogP contribution in [0.3, 0.4) is 0 Å². The van der Waals surface area contributed by atoms with E-state index in [1.165, 1.54) is 6.07 Å². The van der Waals surface area contributed by atoms with Crippen LogP contribution in [-0.4, -0.2) is 19.5 Å². The van der Waals surface area contributed by atoms with Crippen LogP contribution in [0.1, 0.15) is 0 Å². The Balaban J connectivity index is 2.33. The molecule has 1 aromatic carbocycles. The van der Waals surface area contributed by atoms with Crippen LogP contribution in [0.25, 0.3) is 16.9 Å². The minimum Gasteiger partial charge on any atom is -0.258 e. The highest BCUT2D eigenvalue weighted by Gasteiger charge is 2.16. The molecule has 6 nitrogen and oxygen atoms in total. The lowest BCUT2D eigenvalue weighted by Gasteiger charge is -2.04. The molecule has 2 aromatic heterocycles. The van der Waals surface area contributed by atoms with Gasteiger partial charge in [-0.25, -0.2) is 9.50 Å². The fraction of sp³-hybridized carbons (Fsp3) is 0. The van der Waals surface area contributed by atoms with Gasteiger partial charge in [-0.05, 0) is 12.1 Å². The van der Waals surface area contributed by atoms with E-state index in [4.69, 9.17) is 0 Å². The monoisotopic (exact) mass is 240 g/mol. The normalized spacial score (nSPS) is 10.7. The second-order valence-electron chi connectivity index (χ2n) is 3.71. The predicted molar refractivity (Wildman–Crippen MR) is 65.1 cm³/mol. The zero-order valence-corrected chi connectivity index (χ0v) is 9.22. The molecule has 0 unspecified atom stereocenters. The number of benzene rings is 1. The molecule has 0 amide bonds. The third-order valence-electron chi connectivity index (χ3n) is 2.67. The number of para-hydroxylation sites is 1. The zero-order valence-electron chi connectivity index (χ0n) is 9.22. The lowest BCUT2D eigenvalue weighted by atomic mass is 10.1. The van der Waals surface area contributed by atoms with Gasteiger partial charge in [-0.3, -0.25) is 10.1 Å². The Bertz CT molecular complexity index is 736. The van der Waals surface area contributed by atoms with Crippen LogP contribution in [0.15, 0.2) is 48.8 Å². The van der Waals surface area contributed by atoms with Gasteiger partial charge in [0, 0.05) is 18.3 Å². The molecule has 18 heavy (non-hydrogen) atoms. The van der Waals surface area contributed by atoms with Crippen molar-refractivity contribution < 1.29 is 4.92 Å². The van der Waals surface area contributed by atoms with Gasteiger partial charge >= 0.3 is 0 Å². The first-order valence-electron chi connectivity index (χ1n) is 5.30. The van der Waals surface area contributed by atoms with Crippen molar-refractivity contribution in [3.8, 4) is 11.3 Å². The maximum atomic E-state index is 11.0. The van der Waals surface area contributed by atoms with Crippen molar-refractivity contribution >= 4 is 11.3 Å². The van der Waals surface area contributed by atoms with Gasteiger partial charge in [0.05, 0.1) is 22.4 Å². The Morgan fingerprint density at radius 3 is 2.78 bits per heavy atom. The highest BCUT2D eigenvalue weighted by Crippen LogP contribution is 2.28. The molecular weight excluding hydrogens is 232 g/mol. The number of nitrogens with zero attached hydrogens (tertiary/aromatic N) is 4. The molecule has 0 fully saturated rings. The molecule has 2 heterocycles. The number of hydrogen-bond acceptors (Lipinski definition) is 4. The minimum atomic E-state index is -0.398. The van der Waals surface area contributed by atoms with E-state index in [1.807, 2.05) is 0 Å². The van der Waals surface area contributed by atoms with Gasteiger partial charge in [-0.1, -0.05) is 12.1 Å². The second kappa shape index (κ2) is 3.92. The lowest BCUT2D eigenvalue weighted by Crippen LogP contribution is -1.98. The fourth-order valence-corrected chi connectivity index (χ4v) is 1.89. The zero-order chi connectivity index (χ0) is 12.5. The van der Waals surface area contributed by atoms with Crippen molar-refractivity contribution in [2.45, 2.75) is 0 Å². The van der Waals surface area contributed by atoms with E-state index in [1.54, 1.807) is 47.2 Å². The molecular formula is C12H8N4O2. The molecule has 0 aliphatic heterocycles. The van der Waals surface area contributed by atoms with E-state index < -0.39 is 4.92 Å². The first kappa shape index (κ1) is 10.4. The smallest absolute Gasteiger partial charge is 0.258 e. The number of fused-ring (bicyclic) bond motifs is 1. The van der Waals surface area contributed by atoms with E-state index in [0.29, 0.717) is 16.9 Å². The van der Waals surface area contributed by atoms with Crippen molar-refractivity contribution in [3.63, 3.8) is 0 Å². The highest BCUT2D eigenvalue weighted by atomic mass is 16.6. The van der Waals surface area contributed by atoms with Gasteiger partial charge in [-0.15, -0.1) is 0 Å². The molecule has 0 aliphatic carbocycles. The maximum Gasteiger partial charge on any atom is 0.278 e. The molecule has 88 valence electrons. The molecule has 0 bridgehead atoms. The summed E-state index contributed by atoms with van der Waals surface area (Å²) in [6.45, 7) is 0. The molecule has 0 aliphatic rings. The summed E-state index contributed by atoms with van der Waals surface area (Å²) in [5.41, 5.74) is 1.89. The average Bonchev–Trinajstić information content (AvgIpc) is 2.86. The summed E-state index contributed by atoms with van der Waals surface area (Å²) in [5, 5.41) is 15.2. The van der Waals surface area contributed by atoms with Gasteiger partial charge in [0.2, 0.25) is 0 Å². The fourth-order valence-electron chi connectivity index (χ4n) is 1.89. The van der Waals surface area contributed by atoms with Crippen LogP contribution in [0.2, 0.25) is 0 Å². The summed E-state index contributed by atoms with van der Waals surface area (Å²) in [6.07, 6.45) is 3.23. The third-order valence-corrected chi connectivity index (χ3v) is 2.67. The molecule has 0 radical (unpaired) electrons. The predicted octanol–water partition coefficient (Wildman–Crippen LogP) is 2.30. The largest absolute Gasteiger partial charge is 0.278 e. The van der Waals surface area contributed by atoms with Crippen LogP contribution in [-0.2, 0) is 0 Å². The first-order chi connectivity index (χ1) is 8.77. The Labute approximate surface area is 102 Å². The van der Waals surface area contributed by atoms with Crippen molar-refractivity contribution in [2.24, 2.45) is 0 Å². The maximum absolute atomic E-state index is 11.0. The van der Waals surface area contributed by atoms with Crippen molar-refractivity contribution in [2.75, 3.05) is 0 Å².